The molecular weight excluding hydrogens is 594 g/mol. The lowest BCUT2D eigenvalue weighted by molar-refractivity contribution is -0.134. The molecule has 4 aromatic rings. The number of carbonyl (C=O) groups is 2. The van der Waals surface area contributed by atoms with Crippen LogP contribution in [0.1, 0.15) is 50.0 Å². The topological polar surface area (TPSA) is 146 Å². The van der Waals surface area contributed by atoms with Crippen LogP contribution in [0.25, 0.3) is 16.9 Å². The summed E-state index contributed by atoms with van der Waals surface area (Å²) in [7, 11) is 1.95. The van der Waals surface area contributed by atoms with Crippen molar-refractivity contribution in [1.29, 1.82) is 0 Å². The number of anilines is 3. The van der Waals surface area contributed by atoms with Gasteiger partial charge in [0.15, 0.2) is 5.82 Å². The molecule has 2 aromatic carbocycles. The average molecular weight is 636 g/mol. The van der Waals surface area contributed by atoms with Crippen molar-refractivity contribution in [2.24, 2.45) is 0 Å². The minimum atomic E-state index is -0.319. The molecular formula is C35H41N9O3. The number of piperidine rings is 1. The molecule has 2 saturated heterocycles. The Kier molecular flexibility index (Phi) is 8.50. The van der Waals surface area contributed by atoms with E-state index >= 15 is 0 Å². The maximum absolute atomic E-state index is 12.4. The monoisotopic (exact) mass is 635 g/mol. The van der Waals surface area contributed by atoms with Gasteiger partial charge in [-0.05, 0) is 73.9 Å². The lowest BCUT2D eigenvalue weighted by Crippen LogP contribution is -2.51. The van der Waals surface area contributed by atoms with E-state index in [9.17, 15) is 14.7 Å². The summed E-state index contributed by atoms with van der Waals surface area (Å²) in [6, 6.07) is 17.7. The highest BCUT2D eigenvalue weighted by Crippen LogP contribution is 2.37. The number of hydrogen-bond acceptors (Lipinski definition) is 10. The van der Waals surface area contributed by atoms with Crippen molar-refractivity contribution in [2.75, 3.05) is 48.8 Å². The number of piperazine rings is 1. The first-order chi connectivity index (χ1) is 22.8. The van der Waals surface area contributed by atoms with E-state index in [0.717, 1.165) is 50.4 Å². The Balaban J connectivity index is 0.935. The van der Waals surface area contributed by atoms with E-state index < -0.39 is 0 Å². The first-order valence-corrected chi connectivity index (χ1v) is 16.5. The molecule has 12 heteroatoms. The van der Waals surface area contributed by atoms with Gasteiger partial charge in [-0.1, -0.05) is 24.3 Å². The number of amides is 2. The van der Waals surface area contributed by atoms with Gasteiger partial charge in [0, 0.05) is 56.9 Å². The average Bonchev–Trinajstić information content (AvgIpc) is 3.59. The normalized spacial score (nSPS) is 22.2. The van der Waals surface area contributed by atoms with Crippen LogP contribution in [0.15, 0.2) is 67.0 Å². The number of hydrogen-bond donors (Lipinski definition) is 3. The van der Waals surface area contributed by atoms with Crippen molar-refractivity contribution in [1.82, 2.24) is 30.2 Å². The van der Waals surface area contributed by atoms with E-state index in [1.165, 1.54) is 18.4 Å². The van der Waals surface area contributed by atoms with Gasteiger partial charge >= 0.3 is 0 Å². The zero-order chi connectivity index (χ0) is 32.5. The lowest BCUT2D eigenvalue weighted by atomic mass is 9.81. The second-order valence-electron chi connectivity index (χ2n) is 12.9. The molecule has 12 nitrogen and oxygen atoms in total. The number of aromatic nitrogens is 4. The van der Waals surface area contributed by atoms with Crippen LogP contribution in [0.4, 0.5) is 17.2 Å². The highest BCUT2D eigenvalue weighted by Gasteiger charge is 2.32. The molecule has 2 aromatic heterocycles. The summed E-state index contributed by atoms with van der Waals surface area (Å²) in [5, 5.41) is 25.7. The standard InChI is InChI=1S/C35H41N9O3/c1-41(30-13-14-33(46)38-35(30)47)26-6-4-5-24(19-26)23-9-11-25(12-10-23)42-15-17-43(18-16-42)27-21-37-44(22-27)31-20-29(39-40-34(31)36)28-7-2-3-8-32(28)45/h2-8,19-23,25,30,45H,9-18H2,1H3,(H2,36,40)(H,38,46,47)/t23?,25?,30-/m0/s1. The molecule has 1 atom stereocenters. The summed E-state index contributed by atoms with van der Waals surface area (Å²) in [4.78, 5) is 31.1. The van der Waals surface area contributed by atoms with Gasteiger partial charge in [0.05, 0.1) is 23.8 Å². The number of nitrogens with two attached hydrogens (primary N) is 1. The van der Waals surface area contributed by atoms with Crippen LogP contribution in [0.5, 0.6) is 5.75 Å². The number of phenols is 1. The zero-order valence-corrected chi connectivity index (χ0v) is 26.6. The van der Waals surface area contributed by atoms with Crippen LogP contribution in [-0.2, 0) is 9.59 Å². The molecule has 0 bridgehead atoms. The first-order valence-electron chi connectivity index (χ1n) is 16.5. The molecule has 4 N–H and O–H groups in total. The number of para-hydroxylation sites is 1. The Morgan fingerprint density at radius 3 is 2.49 bits per heavy atom. The number of phenolic OH excluding ortho intramolecular Hbond substituents is 1. The second kappa shape index (κ2) is 13.0. The molecule has 0 spiro atoms. The van der Waals surface area contributed by atoms with Gasteiger partial charge in [0.2, 0.25) is 11.8 Å². The maximum Gasteiger partial charge on any atom is 0.249 e. The molecule has 7 rings (SSSR count). The van der Waals surface area contributed by atoms with Gasteiger partial charge in [-0.15, -0.1) is 10.2 Å². The predicted octanol–water partition coefficient (Wildman–Crippen LogP) is 3.71. The van der Waals surface area contributed by atoms with Gasteiger partial charge in [-0.3, -0.25) is 19.8 Å². The molecule has 3 fully saturated rings. The van der Waals surface area contributed by atoms with E-state index in [1.54, 1.807) is 28.9 Å². The number of imide groups is 1. The van der Waals surface area contributed by atoms with Gasteiger partial charge in [-0.2, -0.15) is 5.10 Å². The molecule has 47 heavy (non-hydrogen) atoms. The fourth-order valence-electron chi connectivity index (χ4n) is 7.35. The number of aromatic hydroxyl groups is 1. The lowest BCUT2D eigenvalue weighted by Gasteiger charge is -2.42. The van der Waals surface area contributed by atoms with Crippen LogP contribution >= 0.6 is 0 Å². The highest BCUT2D eigenvalue weighted by molar-refractivity contribution is 6.01. The summed E-state index contributed by atoms with van der Waals surface area (Å²) < 4.78 is 1.73. The van der Waals surface area contributed by atoms with Crippen molar-refractivity contribution in [3.05, 3.63) is 72.6 Å². The fraction of sp³-hybridized carbons (Fsp3) is 0.400. The molecule has 1 aliphatic carbocycles. The Morgan fingerprint density at radius 2 is 1.72 bits per heavy atom. The quantitative estimate of drug-likeness (QED) is 0.257. The third kappa shape index (κ3) is 6.37. The summed E-state index contributed by atoms with van der Waals surface area (Å²) in [5.41, 5.74) is 11.3. The SMILES string of the molecule is CN(c1cccc(C2CCC(N3CCN(c4cnn(-c5cc(-c6ccccc6O)nnc5N)c4)CC3)CC2)c1)[C@H]1CCC(=O)NC1=O. The van der Waals surface area contributed by atoms with Crippen molar-refractivity contribution in [2.45, 2.75) is 56.5 Å². The highest BCUT2D eigenvalue weighted by atomic mass is 16.3. The largest absolute Gasteiger partial charge is 0.507 e. The number of likely N-dealkylation sites (N-methyl/N-ethyl adjacent to an activating group) is 1. The smallest absolute Gasteiger partial charge is 0.249 e. The Labute approximate surface area is 274 Å². The predicted molar refractivity (Wildman–Crippen MR) is 180 cm³/mol. The van der Waals surface area contributed by atoms with E-state index in [1.807, 2.05) is 30.4 Å². The van der Waals surface area contributed by atoms with E-state index in [2.05, 4.69) is 54.7 Å². The third-order valence-corrected chi connectivity index (χ3v) is 10.1. The number of rotatable bonds is 7. The minimum Gasteiger partial charge on any atom is -0.507 e. The summed E-state index contributed by atoms with van der Waals surface area (Å²) >= 11 is 0. The molecule has 0 radical (unpaired) electrons. The van der Waals surface area contributed by atoms with Crippen LogP contribution in [0.3, 0.4) is 0 Å². The Bertz CT molecular complexity index is 1760. The van der Waals surface area contributed by atoms with Crippen LogP contribution in [0, 0.1) is 0 Å². The summed E-state index contributed by atoms with van der Waals surface area (Å²) in [6.07, 6.45) is 9.41. The van der Waals surface area contributed by atoms with Gasteiger partial charge in [0.25, 0.3) is 0 Å². The molecule has 4 heterocycles. The maximum atomic E-state index is 12.4. The molecule has 0 unspecified atom stereocenters. The van der Waals surface area contributed by atoms with Crippen molar-refractivity contribution in [3.8, 4) is 22.7 Å². The molecule has 1 saturated carbocycles. The van der Waals surface area contributed by atoms with Crippen LogP contribution in [0.2, 0.25) is 0 Å². The summed E-state index contributed by atoms with van der Waals surface area (Å²) in [5.74, 6) is 0.517. The van der Waals surface area contributed by atoms with Crippen molar-refractivity contribution < 1.29 is 14.7 Å². The van der Waals surface area contributed by atoms with E-state index in [0.29, 0.717) is 41.7 Å². The van der Waals surface area contributed by atoms with Gasteiger partial charge < -0.3 is 20.6 Å². The van der Waals surface area contributed by atoms with Gasteiger partial charge in [-0.25, -0.2) is 4.68 Å². The van der Waals surface area contributed by atoms with E-state index in [4.69, 9.17) is 5.73 Å². The van der Waals surface area contributed by atoms with Crippen molar-refractivity contribution >= 4 is 29.0 Å². The molecule has 2 aliphatic heterocycles. The number of benzene rings is 2. The number of nitrogens with one attached hydrogen (secondary N) is 1. The number of nitrogens with zero attached hydrogens (tertiary/aromatic N) is 7. The number of nitrogen functional groups attached to an aromatic ring is 1. The second-order valence-corrected chi connectivity index (χ2v) is 12.9. The molecule has 244 valence electrons. The fourth-order valence-corrected chi connectivity index (χ4v) is 7.35. The Morgan fingerprint density at radius 1 is 0.936 bits per heavy atom. The number of carbonyl (C=O) groups excluding carboxylic acids is 2. The zero-order valence-electron chi connectivity index (χ0n) is 26.6. The minimum absolute atomic E-state index is 0.133. The van der Waals surface area contributed by atoms with Crippen molar-refractivity contribution in [3.63, 3.8) is 0 Å². The molecule has 3 aliphatic rings. The summed E-state index contributed by atoms with van der Waals surface area (Å²) in [6.45, 7) is 3.85. The van der Waals surface area contributed by atoms with E-state index in [-0.39, 0.29) is 29.4 Å². The van der Waals surface area contributed by atoms with Crippen LogP contribution < -0.4 is 20.9 Å². The molecule has 2 amide bonds. The van der Waals surface area contributed by atoms with Crippen LogP contribution in [-0.4, -0.2) is 87.1 Å². The first kappa shape index (κ1) is 30.7. The third-order valence-electron chi connectivity index (χ3n) is 10.1. The Hall–Kier alpha value is -4.97. The van der Waals surface area contributed by atoms with Gasteiger partial charge in [0.1, 0.15) is 17.5 Å².